The Morgan fingerprint density at radius 2 is 1.54 bits per heavy atom. The first-order chi connectivity index (χ1) is 16.9. The van der Waals surface area contributed by atoms with Gasteiger partial charge >= 0.3 is 5.97 Å². The Labute approximate surface area is 207 Å². The summed E-state index contributed by atoms with van der Waals surface area (Å²) < 4.78 is 29.0. The van der Waals surface area contributed by atoms with Crippen molar-refractivity contribution >= 4 is 32.6 Å². The molecule has 186 valence electrons. The van der Waals surface area contributed by atoms with Gasteiger partial charge in [-0.25, -0.2) is 0 Å². The molecule has 8 heteroatoms. The van der Waals surface area contributed by atoms with Crippen molar-refractivity contribution in [3.05, 3.63) is 77.9 Å². The zero-order valence-corrected chi connectivity index (χ0v) is 20.9. The molecule has 7 nitrogen and oxygen atoms in total. The summed E-state index contributed by atoms with van der Waals surface area (Å²) in [5.41, 5.74) is 3.66. The standard InChI is InChI=1S/C27H33N3O4S/c1-2-5-26(27(31)32)28-35(33,34)30-18-16-29(17-19-30)25-14-11-21(12-15-25)8-9-22-10-13-23-6-3-4-7-24(23)20-22/h3-4,6-7,10-15,20,26,28H,2,5,8-9,16-19H2,1H3,(H,31,32)/t26-/m0/s1. The van der Waals surface area contributed by atoms with E-state index in [4.69, 9.17) is 0 Å². The fourth-order valence-corrected chi connectivity index (χ4v) is 5.89. The predicted octanol–water partition coefficient (Wildman–Crippen LogP) is 3.83. The van der Waals surface area contributed by atoms with Crippen molar-refractivity contribution in [2.45, 2.75) is 38.6 Å². The molecule has 3 aromatic rings. The van der Waals surface area contributed by atoms with Crippen LogP contribution in [0.5, 0.6) is 0 Å². The fraction of sp³-hybridized carbons (Fsp3) is 0.370. The van der Waals surface area contributed by atoms with Gasteiger partial charge in [-0.3, -0.25) is 4.79 Å². The number of carboxylic acid groups (broad SMARTS) is 1. The normalized spacial score (nSPS) is 15.9. The molecule has 0 spiro atoms. The van der Waals surface area contributed by atoms with E-state index in [1.807, 2.05) is 6.92 Å². The molecule has 1 fully saturated rings. The van der Waals surface area contributed by atoms with Crippen molar-refractivity contribution in [1.82, 2.24) is 9.03 Å². The largest absolute Gasteiger partial charge is 0.480 e. The zero-order chi connectivity index (χ0) is 24.8. The highest BCUT2D eigenvalue weighted by Crippen LogP contribution is 2.21. The maximum Gasteiger partial charge on any atom is 0.321 e. The number of hydrogen-bond acceptors (Lipinski definition) is 4. The third-order valence-corrected chi connectivity index (χ3v) is 8.19. The molecular formula is C27H33N3O4S. The van der Waals surface area contributed by atoms with Gasteiger partial charge < -0.3 is 10.0 Å². The quantitative estimate of drug-likeness (QED) is 0.446. The molecule has 3 aromatic carbocycles. The third kappa shape index (κ3) is 6.39. The Bertz CT molecular complexity index is 1250. The highest BCUT2D eigenvalue weighted by atomic mass is 32.2. The molecule has 0 saturated carbocycles. The van der Waals surface area contributed by atoms with Gasteiger partial charge in [-0.05, 0) is 53.3 Å². The van der Waals surface area contributed by atoms with Gasteiger partial charge in [0.2, 0.25) is 0 Å². The lowest BCUT2D eigenvalue weighted by Crippen LogP contribution is -2.54. The second-order valence-electron chi connectivity index (χ2n) is 9.04. The Hall–Kier alpha value is -2.94. The molecular weight excluding hydrogens is 462 g/mol. The molecule has 1 atom stereocenters. The zero-order valence-electron chi connectivity index (χ0n) is 20.1. The number of piperazine rings is 1. The number of hydrogen-bond donors (Lipinski definition) is 2. The van der Waals surface area contributed by atoms with Crippen LogP contribution >= 0.6 is 0 Å². The van der Waals surface area contributed by atoms with E-state index in [0.29, 0.717) is 32.6 Å². The molecule has 4 rings (SSSR count). The Morgan fingerprint density at radius 3 is 2.20 bits per heavy atom. The van der Waals surface area contributed by atoms with E-state index in [1.165, 1.54) is 26.2 Å². The highest BCUT2D eigenvalue weighted by Gasteiger charge is 2.31. The molecule has 2 N–H and O–H groups in total. The lowest BCUT2D eigenvalue weighted by molar-refractivity contribution is -0.139. The van der Waals surface area contributed by atoms with Crippen LogP contribution in [0, 0.1) is 0 Å². The Balaban J connectivity index is 1.30. The smallest absolute Gasteiger partial charge is 0.321 e. The molecule has 1 saturated heterocycles. The first-order valence-corrected chi connectivity index (χ1v) is 13.6. The van der Waals surface area contributed by atoms with Crippen molar-refractivity contribution in [1.29, 1.82) is 0 Å². The van der Waals surface area contributed by atoms with E-state index in [-0.39, 0.29) is 6.42 Å². The first kappa shape index (κ1) is 25.2. The Kier molecular flexibility index (Phi) is 8.05. The van der Waals surface area contributed by atoms with Crippen LogP contribution in [0.1, 0.15) is 30.9 Å². The average molecular weight is 496 g/mol. The van der Waals surface area contributed by atoms with Crippen LogP contribution in [0.3, 0.4) is 0 Å². The van der Waals surface area contributed by atoms with Gasteiger partial charge in [-0.2, -0.15) is 17.4 Å². The summed E-state index contributed by atoms with van der Waals surface area (Å²) in [6, 6.07) is 22.4. The van der Waals surface area contributed by atoms with E-state index in [1.54, 1.807) is 0 Å². The lowest BCUT2D eigenvalue weighted by Gasteiger charge is -2.35. The van der Waals surface area contributed by atoms with E-state index in [9.17, 15) is 18.3 Å². The second kappa shape index (κ2) is 11.2. The average Bonchev–Trinajstić information content (AvgIpc) is 2.87. The maximum atomic E-state index is 12.7. The summed E-state index contributed by atoms with van der Waals surface area (Å²) in [4.78, 5) is 13.5. The molecule has 0 aliphatic carbocycles. The molecule has 0 amide bonds. The number of fused-ring (bicyclic) bond motifs is 1. The van der Waals surface area contributed by atoms with Gasteiger partial charge in [0.05, 0.1) is 0 Å². The number of aliphatic carboxylic acids is 1. The molecule has 35 heavy (non-hydrogen) atoms. The van der Waals surface area contributed by atoms with Crippen LogP contribution in [0.4, 0.5) is 5.69 Å². The molecule has 1 aliphatic rings. The minimum atomic E-state index is -3.83. The summed E-state index contributed by atoms with van der Waals surface area (Å²) >= 11 is 0. The van der Waals surface area contributed by atoms with Crippen LogP contribution in [0.25, 0.3) is 10.8 Å². The summed E-state index contributed by atoms with van der Waals surface area (Å²) in [7, 11) is -3.83. The summed E-state index contributed by atoms with van der Waals surface area (Å²) in [6.07, 6.45) is 2.79. The number of benzene rings is 3. The number of carboxylic acids is 1. The van der Waals surface area contributed by atoms with Gasteiger partial charge in [-0.1, -0.05) is 67.9 Å². The van der Waals surface area contributed by atoms with Crippen molar-refractivity contribution in [3.8, 4) is 0 Å². The van der Waals surface area contributed by atoms with Crippen molar-refractivity contribution in [3.63, 3.8) is 0 Å². The predicted molar refractivity (Wildman–Crippen MR) is 140 cm³/mol. The summed E-state index contributed by atoms with van der Waals surface area (Å²) in [5.74, 6) is -1.14. The van der Waals surface area contributed by atoms with Gasteiger partial charge in [0.1, 0.15) is 6.04 Å². The maximum absolute atomic E-state index is 12.7. The van der Waals surface area contributed by atoms with Gasteiger partial charge in [0.15, 0.2) is 0 Å². The number of nitrogens with one attached hydrogen (secondary N) is 1. The number of aryl methyl sites for hydroxylation is 2. The summed E-state index contributed by atoms with van der Waals surface area (Å²) in [5, 5.41) is 11.8. The topological polar surface area (TPSA) is 90.0 Å². The number of nitrogens with zero attached hydrogens (tertiary/aromatic N) is 2. The van der Waals surface area contributed by atoms with E-state index in [0.717, 1.165) is 18.5 Å². The first-order valence-electron chi connectivity index (χ1n) is 12.2. The molecule has 0 aromatic heterocycles. The van der Waals surface area contributed by atoms with Crippen molar-refractivity contribution < 1.29 is 18.3 Å². The van der Waals surface area contributed by atoms with Crippen molar-refractivity contribution in [2.75, 3.05) is 31.1 Å². The fourth-order valence-electron chi connectivity index (χ4n) is 4.52. The van der Waals surface area contributed by atoms with E-state index in [2.05, 4.69) is 76.4 Å². The molecule has 0 unspecified atom stereocenters. The van der Waals surface area contributed by atoms with Crippen LogP contribution in [-0.4, -0.2) is 56.0 Å². The molecule has 0 radical (unpaired) electrons. The number of anilines is 1. The highest BCUT2D eigenvalue weighted by molar-refractivity contribution is 7.87. The SMILES string of the molecule is CCC[C@H](NS(=O)(=O)N1CCN(c2ccc(CCc3ccc4ccccc4c3)cc2)CC1)C(=O)O. The lowest BCUT2D eigenvalue weighted by atomic mass is 10.0. The Morgan fingerprint density at radius 1 is 0.914 bits per heavy atom. The second-order valence-corrected chi connectivity index (χ2v) is 10.7. The van der Waals surface area contributed by atoms with Crippen LogP contribution in [-0.2, 0) is 27.8 Å². The van der Waals surface area contributed by atoms with Gasteiger partial charge in [0.25, 0.3) is 10.2 Å². The molecule has 1 aliphatic heterocycles. The van der Waals surface area contributed by atoms with Gasteiger partial charge in [-0.15, -0.1) is 0 Å². The summed E-state index contributed by atoms with van der Waals surface area (Å²) in [6.45, 7) is 3.58. The molecule has 0 bridgehead atoms. The van der Waals surface area contributed by atoms with Gasteiger partial charge in [0, 0.05) is 31.9 Å². The minimum absolute atomic E-state index is 0.266. The van der Waals surface area contributed by atoms with Crippen LogP contribution in [0.15, 0.2) is 66.7 Å². The number of rotatable bonds is 10. The van der Waals surface area contributed by atoms with E-state index >= 15 is 0 Å². The monoisotopic (exact) mass is 495 g/mol. The number of carbonyl (C=O) groups is 1. The minimum Gasteiger partial charge on any atom is -0.480 e. The van der Waals surface area contributed by atoms with Crippen LogP contribution in [0.2, 0.25) is 0 Å². The molecule has 1 heterocycles. The van der Waals surface area contributed by atoms with Crippen molar-refractivity contribution in [2.24, 2.45) is 0 Å². The van der Waals surface area contributed by atoms with Crippen LogP contribution < -0.4 is 9.62 Å². The third-order valence-electron chi connectivity index (χ3n) is 6.56. The van der Waals surface area contributed by atoms with E-state index < -0.39 is 22.2 Å².